The summed E-state index contributed by atoms with van der Waals surface area (Å²) in [5.41, 5.74) is 6.42. The molecular weight excluding hydrogens is 362 g/mol. The highest BCUT2D eigenvalue weighted by Gasteiger charge is 2.17. The molecule has 2 aromatic rings. The van der Waals surface area contributed by atoms with Crippen LogP contribution < -0.4 is 10.5 Å². The van der Waals surface area contributed by atoms with Gasteiger partial charge in [0, 0.05) is 36.4 Å². The minimum absolute atomic E-state index is 0.260. The predicted molar refractivity (Wildman–Crippen MR) is 84.0 cm³/mol. The maximum absolute atomic E-state index is 12.2. The number of aromatic nitrogens is 1. The van der Waals surface area contributed by atoms with Crippen molar-refractivity contribution in [2.45, 2.75) is 31.5 Å². The zero-order valence-corrected chi connectivity index (χ0v) is 14.2. The molecule has 0 aliphatic carbocycles. The van der Waals surface area contributed by atoms with Crippen LogP contribution in [0.2, 0.25) is 0 Å². The molecule has 0 fully saturated rings. The van der Waals surface area contributed by atoms with Crippen LogP contribution in [0.25, 0.3) is 0 Å². The maximum atomic E-state index is 12.2. The molecule has 2 heterocycles. The monoisotopic (exact) mass is 377 g/mol. The Balaban J connectivity index is 2.15. The van der Waals surface area contributed by atoms with E-state index in [-0.39, 0.29) is 11.4 Å². The Morgan fingerprint density at radius 1 is 1.45 bits per heavy atom. The van der Waals surface area contributed by atoms with Crippen LogP contribution >= 0.6 is 27.3 Å². The number of nitrogens with two attached hydrogens (primary N) is 1. The molecule has 2 aromatic heterocycles. The highest BCUT2D eigenvalue weighted by atomic mass is 79.9. The number of nitrogens with zero attached hydrogens (tertiary/aromatic N) is 1. The number of hydrogen-bond acceptors (Lipinski definition) is 4. The van der Waals surface area contributed by atoms with Gasteiger partial charge in [-0.1, -0.05) is 0 Å². The average molecular weight is 378 g/mol. The van der Waals surface area contributed by atoms with E-state index in [9.17, 15) is 8.42 Å². The van der Waals surface area contributed by atoms with E-state index in [0.717, 1.165) is 14.4 Å². The van der Waals surface area contributed by atoms with Gasteiger partial charge in [0.1, 0.15) is 0 Å². The second-order valence-corrected chi connectivity index (χ2v) is 8.50. The summed E-state index contributed by atoms with van der Waals surface area (Å²) in [4.78, 5) is 1.21. The highest BCUT2D eigenvalue weighted by Crippen LogP contribution is 2.22. The molecule has 110 valence electrons. The average Bonchev–Trinajstić information content (AvgIpc) is 3.02. The molecule has 0 aliphatic rings. The summed E-state index contributed by atoms with van der Waals surface area (Å²) >= 11 is 4.86. The van der Waals surface area contributed by atoms with Crippen molar-refractivity contribution in [3.05, 3.63) is 38.8 Å². The van der Waals surface area contributed by atoms with Gasteiger partial charge in [-0.05, 0) is 41.1 Å². The van der Waals surface area contributed by atoms with Crippen LogP contribution in [0.4, 0.5) is 0 Å². The Bertz CT molecular complexity index is 670. The maximum Gasteiger partial charge on any atom is 0.242 e. The van der Waals surface area contributed by atoms with E-state index in [2.05, 4.69) is 20.7 Å². The fraction of sp³-hybridized carbons (Fsp3) is 0.333. The van der Waals surface area contributed by atoms with E-state index in [1.807, 2.05) is 23.6 Å². The minimum atomic E-state index is -3.51. The van der Waals surface area contributed by atoms with E-state index in [0.29, 0.717) is 13.1 Å². The first-order chi connectivity index (χ1) is 9.46. The summed E-state index contributed by atoms with van der Waals surface area (Å²) in [6.07, 6.45) is 1.62. The molecule has 0 spiro atoms. The first-order valence-corrected chi connectivity index (χ1v) is 9.18. The Kier molecular flexibility index (Phi) is 5.03. The molecular formula is C12H16BrN3O2S2. The number of sulfonamides is 1. The lowest BCUT2D eigenvalue weighted by atomic mass is 10.4. The van der Waals surface area contributed by atoms with Crippen molar-refractivity contribution in [3.63, 3.8) is 0 Å². The van der Waals surface area contributed by atoms with Gasteiger partial charge in [0.15, 0.2) is 0 Å². The lowest BCUT2D eigenvalue weighted by Gasteiger charge is -2.03. The quantitative estimate of drug-likeness (QED) is 0.810. The molecule has 0 radical (unpaired) electrons. The van der Waals surface area contributed by atoms with E-state index < -0.39 is 10.0 Å². The molecule has 0 aliphatic heterocycles. The molecule has 3 N–H and O–H groups in total. The van der Waals surface area contributed by atoms with Gasteiger partial charge in [-0.25, -0.2) is 13.1 Å². The van der Waals surface area contributed by atoms with Gasteiger partial charge in [-0.3, -0.25) is 0 Å². The Morgan fingerprint density at radius 2 is 2.20 bits per heavy atom. The van der Waals surface area contributed by atoms with Gasteiger partial charge in [0.25, 0.3) is 0 Å². The van der Waals surface area contributed by atoms with Crippen molar-refractivity contribution < 1.29 is 8.42 Å². The van der Waals surface area contributed by atoms with Crippen LogP contribution in [0, 0.1) is 0 Å². The molecule has 8 heteroatoms. The summed E-state index contributed by atoms with van der Waals surface area (Å²) in [7, 11) is -3.51. The van der Waals surface area contributed by atoms with E-state index in [1.165, 1.54) is 11.3 Å². The SMILES string of the molecule is CCn1cc(S(=O)(=O)NCc2ccc(Br)s2)cc1CN. The molecule has 0 saturated carbocycles. The molecule has 0 atom stereocenters. The predicted octanol–water partition coefficient (Wildman–Crippen LogP) is 2.27. The van der Waals surface area contributed by atoms with E-state index >= 15 is 0 Å². The second-order valence-electron chi connectivity index (χ2n) is 4.19. The van der Waals surface area contributed by atoms with E-state index in [1.54, 1.807) is 12.3 Å². The number of rotatable bonds is 6. The number of halogens is 1. The number of thiophene rings is 1. The third-order valence-corrected chi connectivity index (χ3v) is 5.88. The standard InChI is InChI=1S/C12H16BrN3O2S2/c1-2-16-8-11(5-9(16)6-14)20(17,18)15-7-10-3-4-12(13)19-10/h3-5,8,15H,2,6-7,14H2,1H3. The van der Waals surface area contributed by atoms with Crippen molar-refractivity contribution >= 4 is 37.3 Å². The second kappa shape index (κ2) is 6.40. The van der Waals surface area contributed by atoms with Crippen LogP contribution in [-0.4, -0.2) is 13.0 Å². The van der Waals surface area contributed by atoms with Crippen molar-refractivity contribution in [3.8, 4) is 0 Å². The Labute approximate surface area is 131 Å². The highest BCUT2D eigenvalue weighted by molar-refractivity contribution is 9.11. The first-order valence-electron chi connectivity index (χ1n) is 6.09. The molecule has 0 amide bonds. The number of hydrogen-bond donors (Lipinski definition) is 2. The summed E-state index contributed by atoms with van der Waals surface area (Å²) in [6, 6.07) is 5.41. The molecule has 2 rings (SSSR count). The van der Waals surface area contributed by atoms with Gasteiger partial charge in [-0.2, -0.15) is 0 Å². The fourth-order valence-electron chi connectivity index (χ4n) is 1.83. The van der Waals surface area contributed by atoms with Crippen molar-refractivity contribution in [1.82, 2.24) is 9.29 Å². The third-order valence-electron chi connectivity index (χ3n) is 2.89. The van der Waals surface area contributed by atoms with Gasteiger partial charge in [-0.15, -0.1) is 11.3 Å². The van der Waals surface area contributed by atoms with Crippen LogP contribution in [0.5, 0.6) is 0 Å². The van der Waals surface area contributed by atoms with Crippen molar-refractivity contribution in [2.75, 3.05) is 0 Å². The largest absolute Gasteiger partial charge is 0.349 e. The normalized spacial score (nSPS) is 11.9. The lowest BCUT2D eigenvalue weighted by Crippen LogP contribution is -2.22. The van der Waals surface area contributed by atoms with Crippen molar-refractivity contribution in [1.29, 1.82) is 0 Å². The van der Waals surface area contributed by atoms with Gasteiger partial charge in [0.2, 0.25) is 10.0 Å². The molecule has 0 unspecified atom stereocenters. The smallest absolute Gasteiger partial charge is 0.242 e. The first kappa shape index (κ1) is 15.7. The van der Waals surface area contributed by atoms with E-state index in [4.69, 9.17) is 5.73 Å². The zero-order chi connectivity index (χ0) is 14.8. The molecule has 0 bridgehead atoms. The third kappa shape index (κ3) is 3.50. The topological polar surface area (TPSA) is 77.1 Å². The number of nitrogens with one attached hydrogen (secondary N) is 1. The van der Waals surface area contributed by atoms with Crippen LogP contribution in [0.3, 0.4) is 0 Å². The molecule has 0 saturated heterocycles. The molecule has 0 aromatic carbocycles. The van der Waals surface area contributed by atoms with Gasteiger partial charge >= 0.3 is 0 Å². The Hall–Kier alpha value is -0.670. The van der Waals surface area contributed by atoms with Gasteiger partial charge in [0.05, 0.1) is 8.68 Å². The Morgan fingerprint density at radius 3 is 2.70 bits per heavy atom. The van der Waals surface area contributed by atoms with Crippen LogP contribution in [-0.2, 0) is 29.7 Å². The molecule has 5 nitrogen and oxygen atoms in total. The summed E-state index contributed by atoms with van der Waals surface area (Å²) < 4.78 is 29.9. The fourth-order valence-corrected chi connectivity index (χ4v) is 4.42. The van der Waals surface area contributed by atoms with Gasteiger partial charge < -0.3 is 10.3 Å². The summed E-state index contributed by atoms with van der Waals surface area (Å²) in [6.45, 7) is 3.25. The zero-order valence-electron chi connectivity index (χ0n) is 11.0. The number of aryl methyl sites for hydroxylation is 1. The van der Waals surface area contributed by atoms with Crippen molar-refractivity contribution in [2.24, 2.45) is 5.73 Å². The summed E-state index contributed by atoms with van der Waals surface area (Å²) in [5.74, 6) is 0. The minimum Gasteiger partial charge on any atom is -0.349 e. The van der Waals surface area contributed by atoms with Crippen LogP contribution in [0.1, 0.15) is 17.5 Å². The molecule has 20 heavy (non-hydrogen) atoms. The van der Waals surface area contributed by atoms with Crippen LogP contribution in [0.15, 0.2) is 33.1 Å². The lowest BCUT2D eigenvalue weighted by molar-refractivity contribution is 0.581. The summed E-state index contributed by atoms with van der Waals surface area (Å²) in [5, 5.41) is 0.